The van der Waals surface area contributed by atoms with Crippen LogP contribution in [0.15, 0.2) is 36.4 Å². The van der Waals surface area contributed by atoms with Gasteiger partial charge in [0, 0.05) is 19.5 Å². The number of nitrogens with two attached hydrogens (primary N) is 1. The Morgan fingerprint density at radius 1 is 0.973 bits per heavy atom. The molecule has 0 bridgehead atoms. The smallest absolute Gasteiger partial charge is 0.330 e. The van der Waals surface area contributed by atoms with Gasteiger partial charge in [-0.3, -0.25) is 14.2 Å². The average molecular weight is 540 g/mol. The monoisotopic (exact) mass is 539 g/mol. The van der Waals surface area contributed by atoms with Crippen LogP contribution in [0.4, 0.5) is 5.69 Å². The predicted molar refractivity (Wildman–Crippen MR) is 135 cm³/mol. The third kappa shape index (κ3) is 7.66. The molecule has 0 radical (unpaired) electrons. The SMILES string of the molecule is CCOP(=O)(CC[C@H]1O[C@H](Oc2ccc3cc(N)ccc3c2)[C@@H](OC(C)=O)[C@@H](OC(C)=O)[C@@H]1O)OCC. The largest absolute Gasteiger partial charge is 0.461 e. The summed E-state index contributed by atoms with van der Waals surface area (Å²) in [6, 6.07) is 10.6. The van der Waals surface area contributed by atoms with Gasteiger partial charge in [0.1, 0.15) is 11.9 Å². The van der Waals surface area contributed by atoms with E-state index in [-0.39, 0.29) is 25.8 Å². The van der Waals surface area contributed by atoms with Gasteiger partial charge in [-0.2, -0.15) is 0 Å². The number of fused-ring (bicyclic) bond motifs is 1. The molecule has 204 valence electrons. The lowest BCUT2D eigenvalue weighted by molar-refractivity contribution is -0.280. The molecule has 3 N–H and O–H groups in total. The zero-order valence-corrected chi connectivity index (χ0v) is 22.2. The van der Waals surface area contributed by atoms with Gasteiger partial charge in [-0.1, -0.05) is 12.1 Å². The molecule has 3 rings (SSSR count). The van der Waals surface area contributed by atoms with E-state index in [1.807, 2.05) is 12.1 Å². The number of carbonyl (C=O) groups excluding carboxylic acids is 2. The van der Waals surface area contributed by atoms with E-state index in [1.165, 1.54) is 13.8 Å². The first-order valence-corrected chi connectivity index (χ1v) is 13.8. The number of ether oxygens (including phenoxy) is 4. The Hall–Kier alpha value is -2.69. The first-order chi connectivity index (χ1) is 17.5. The van der Waals surface area contributed by atoms with Crippen molar-refractivity contribution in [2.75, 3.05) is 25.1 Å². The number of hydrogen-bond donors (Lipinski definition) is 2. The van der Waals surface area contributed by atoms with E-state index in [4.69, 9.17) is 33.7 Å². The van der Waals surface area contributed by atoms with Gasteiger partial charge < -0.3 is 38.8 Å². The lowest BCUT2D eigenvalue weighted by Crippen LogP contribution is -2.61. The molecule has 12 heteroatoms. The molecular weight excluding hydrogens is 505 g/mol. The molecule has 1 fully saturated rings. The molecule has 2 aromatic rings. The molecule has 1 aliphatic rings. The second-order valence-electron chi connectivity index (χ2n) is 8.53. The van der Waals surface area contributed by atoms with Gasteiger partial charge in [-0.25, -0.2) is 0 Å². The van der Waals surface area contributed by atoms with Crippen LogP contribution in [0.1, 0.15) is 34.1 Å². The standard InChI is InChI=1S/C25H34NO10P/c1-5-31-37(30,32-6-2)12-11-21-22(29)23(33-15(3)27)24(34-16(4)28)25(36-21)35-20-10-8-17-13-19(26)9-7-18(17)14-20/h7-10,13-14,21-25,29H,5-6,11-12,26H2,1-4H3/t21-,22-,23+,24+,25+/m1/s1. The second-order valence-corrected chi connectivity index (χ2v) is 10.7. The molecule has 2 aromatic carbocycles. The molecule has 0 aromatic heterocycles. The molecule has 37 heavy (non-hydrogen) atoms. The Bertz CT molecular complexity index is 1130. The Labute approximate surface area is 215 Å². The Morgan fingerprint density at radius 2 is 1.57 bits per heavy atom. The number of anilines is 1. The van der Waals surface area contributed by atoms with Crippen LogP contribution in [0.3, 0.4) is 0 Å². The lowest BCUT2D eigenvalue weighted by Gasteiger charge is -2.43. The van der Waals surface area contributed by atoms with Crippen molar-refractivity contribution in [2.45, 2.75) is 64.8 Å². The van der Waals surface area contributed by atoms with Crippen molar-refractivity contribution < 1.29 is 47.3 Å². The second kappa shape index (κ2) is 12.7. The first-order valence-electron chi connectivity index (χ1n) is 12.1. The summed E-state index contributed by atoms with van der Waals surface area (Å²) >= 11 is 0. The van der Waals surface area contributed by atoms with Crippen LogP contribution < -0.4 is 10.5 Å². The summed E-state index contributed by atoms with van der Waals surface area (Å²) in [5.41, 5.74) is 6.47. The highest BCUT2D eigenvalue weighted by molar-refractivity contribution is 7.53. The first kappa shape index (κ1) is 28.9. The number of esters is 2. The number of rotatable bonds is 11. The third-order valence-corrected chi connectivity index (χ3v) is 7.76. The van der Waals surface area contributed by atoms with Crippen molar-refractivity contribution in [3.8, 4) is 5.75 Å². The molecule has 0 unspecified atom stereocenters. The van der Waals surface area contributed by atoms with Crippen molar-refractivity contribution in [1.29, 1.82) is 0 Å². The van der Waals surface area contributed by atoms with Gasteiger partial charge >= 0.3 is 19.5 Å². The minimum Gasteiger partial charge on any atom is -0.461 e. The minimum atomic E-state index is -3.45. The number of nitrogen functional groups attached to an aromatic ring is 1. The Kier molecular flexibility index (Phi) is 9.92. The maximum absolute atomic E-state index is 13.0. The zero-order chi connectivity index (χ0) is 27.2. The van der Waals surface area contributed by atoms with E-state index in [1.54, 1.807) is 38.1 Å². The topological polar surface area (TPSA) is 153 Å². The van der Waals surface area contributed by atoms with Crippen molar-refractivity contribution in [1.82, 2.24) is 0 Å². The summed E-state index contributed by atoms with van der Waals surface area (Å²) in [7, 11) is -3.45. The van der Waals surface area contributed by atoms with E-state index in [2.05, 4.69) is 0 Å². The van der Waals surface area contributed by atoms with Gasteiger partial charge in [-0.15, -0.1) is 0 Å². The van der Waals surface area contributed by atoms with Gasteiger partial charge in [-0.05, 0) is 55.3 Å². The van der Waals surface area contributed by atoms with Crippen LogP contribution in [-0.2, 0) is 37.4 Å². The molecule has 5 atom stereocenters. The quantitative estimate of drug-likeness (QED) is 0.245. The average Bonchev–Trinajstić information content (AvgIpc) is 2.82. The number of aliphatic hydroxyl groups is 1. The number of carbonyl (C=O) groups is 2. The molecule has 0 spiro atoms. The fraction of sp³-hybridized carbons (Fsp3) is 0.520. The summed E-state index contributed by atoms with van der Waals surface area (Å²) in [6.07, 6.45) is -6.29. The van der Waals surface area contributed by atoms with Crippen LogP contribution in [0.2, 0.25) is 0 Å². The van der Waals surface area contributed by atoms with E-state index >= 15 is 0 Å². The Morgan fingerprint density at radius 3 is 2.19 bits per heavy atom. The van der Waals surface area contributed by atoms with Gasteiger partial charge in [0.2, 0.25) is 12.4 Å². The Balaban J connectivity index is 1.90. The number of hydrogen-bond acceptors (Lipinski definition) is 11. The highest BCUT2D eigenvalue weighted by Gasteiger charge is 2.51. The summed E-state index contributed by atoms with van der Waals surface area (Å²) in [6.45, 7) is 6.09. The fourth-order valence-electron chi connectivity index (χ4n) is 4.16. The highest BCUT2D eigenvalue weighted by Crippen LogP contribution is 2.49. The minimum absolute atomic E-state index is 0.0276. The summed E-state index contributed by atoms with van der Waals surface area (Å²) in [4.78, 5) is 23.8. The number of aliphatic hydroxyl groups excluding tert-OH is 1. The van der Waals surface area contributed by atoms with Crippen LogP contribution in [0.25, 0.3) is 10.8 Å². The summed E-state index contributed by atoms with van der Waals surface area (Å²) < 4.78 is 46.5. The van der Waals surface area contributed by atoms with E-state index < -0.39 is 50.2 Å². The van der Waals surface area contributed by atoms with Gasteiger partial charge in [0.25, 0.3) is 0 Å². The van der Waals surface area contributed by atoms with E-state index in [0.717, 1.165) is 10.8 Å². The molecule has 0 aliphatic carbocycles. The van der Waals surface area contributed by atoms with E-state index in [9.17, 15) is 19.3 Å². The van der Waals surface area contributed by atoms with E-state index in [0.29, 0.717) is 11.4 Å². The van der Waals surface area contributed by atoms with Crippen LogP contribution in [0.5, 0.6) is 5.75 Å². The molecule has 0 amide bonds. The normalized spacial score (nSPS) is 24.0. The maximum Gasteiger partial charge on any atom is 0.330 e. The lowest BCUT2D eigenvalue weighted by atomic mass is 9.96. The van der Waals surface area contributed by atoms with Crippen LogP contribution in [-0.4, -0.2) is 67.1 Å². The van der Waals surface area contributed by atoms with Crippen molar-refractivity contribution in [2.24, 2.45) is 0 Å². The van der Waals surface area contributed by atoms with Crippen molar-refractivity contribution in [3.63, 3.8) is 0 Å². The van der Waals surface area contributed by atoms with Gasteiger partial charge in [0.15, 0.2) is 6.10 Å². The maximum atomic E-state index is 13.0. The predicted octanol–water partition coefficient (Wildman–Crippen LogP) is 3.41. The molecule has 1 saturated heterocycles. The summed E-state index contributed by atoms with van der Waals surface area (Å²) in [5.74, 6) is -1.00. The number of benzene rings is 2. The third-order valence-electron chi connectivity index (χ3n) is 5.65. The molecule has 1 aliphatic heterocycles. The fourth-order valence-corrected chi connectivity index (χ4v) is 5.85. The summed E-state index contributed by atoms with van der Waals surface area (Å²) in [5, 5.41) is 12.8. The zero-order valence-electron chi connectivity index (χ0n) is 21.3. The molecule has 0 saturated carbocycles. The molecular formula is C25H34NO10P. The van der Waals surface area contributed by atoms with Crippen molar-refractivity contribution >= 4 is 36.0 Å². The van der Waals surface area contributed by atoms with Crippen LogP contribution >= 0.6 is 7.60 Å². The molecule has 11 nitrogen and oxygen atoms in total. The van der Waals surface area contributed by atoms with Crippen molar-refractivity contribution in [3.05, 3.63) is 36.4 Å². The molecule has 1 heterocycles. The van der Waals surface area contributed by atoms with Crippen LogP contribution in [0, 0.1) is 0 Å². The highest BCUT2D eigenvalue weighted by atomic mass is 31.2. The van der Waals surface area contributed by atoms with Gasteiger partial charge in [0.05, 0.1) is 25.5 Å².